The van der Waals surface area contributed by atoms with Gasteiger partial charge in [0.25, 0.3) is 11.8 Å². The van der Waals surface area contributed by atoms with Crippen molar-refractivity contribution in [2.24, 2.45) is 0 Å². The highest BCUT2D eigenvalue weighted by atomic mass is 32.2. The van der Waals surface area contributed by atoms with Crippen molar-refractivity contribution < 1.29 is 24.6 Å². The van der Waals surface area contributed by atoms with Crippen LogP contribution in [0.2, 0.25) is 0 Å². The number of aryl methyl sites for hydroxylation is 1. The Morgan fingerprint density at radius 2 is 1.94 bits per heavy atom. The van der Waals surface area contributed by atoms with Gasteiger partial charge in [-0.05, 0) is 44.4 Å². The molecule has 34 heavy (non-hydrogen) atoms. The van der Waals surface area contributed by atoms with Crippen molar-refractivity contribution in [3.05, 3.63) is 59.7 Å². The van der Waals surface area contributed by atoms with Crippen LogP contribution in [0.1, 0.15) is 25.0 Å². The Hall–Kier alpha value is -2.75. The van der Waals surface area contributed by atoms with E-state index in [1.54, 1.807) is 34.9 Å². The number of amides is 2. The lowest BCUT2D eigenvalue weighted by molar-refractivity contribution is -0.141. The van der Waals surface area contributed by atoms with Gasteiger partial charge in [0.05, 0.1) is 17.6 Å². The van der Waals surface area contributed by atoms with Gasteiger partial charge in [0.15, 0.2) is 12.7 Å². The fourth-order valence-corrected chi connectivity index (χ4v) is 4.72. The number of carbonyl (C=O) groups is 2. The monoisotopic (exact) mass is 487 g/mol. The molecule has 0 aliphatic carbocycles. The van der Waals surface area contributed by atoms with E-state index in [9.17, 15) is 19.9 Å². The molecule has 2 amide bonds. The van der Waals surface area contributed by atoms with Crippen LogP contribution in [0, 0.1) is 6.92 Å². The molecule has 2 aromatic carbocycles. The van der Waals surface area contributed by atoms with Gasteiger partial charge in [0.1, 0.15) is 5.75 Å². The van der Waals surface area contributed by atoms with E-state index < -0.39 is 24.0 Å². The Labute approximate surface area is 204 Å². The van der Waals surface area contributed by atoms with Crippen molar-refractivity contribution in [3.8, 4) is 5.75 Å². The molecule has 1 heterocycles. The van der Waals surface area contributed by atoms with Crippen LogP contribution >= 0.6 is 11.8 Å². The van der Waals surface area contributed by atoms with Gasteiger partial charge in [-0.15, -0.1) is 11.8 Å². The second-order valence-electron chi connectivity index (χ2n) is 9.14. The summed E-state index contributed by atoms with van der Waals surface area (Å²) in [5.74, 6) is 0.120. The number of ether oxygens (including phenoxy) is 1. The fourth-order valence-electron chi connectivity index (χ4n) is 3.75. The summed E-state index contributed by atoms with van der Waals surface area (Å²) in [6.45, 7) is 6.20. The zero-order valence-corrected chi connectivity index (χ0v) is 20.8. The number of carbonyl (C=O) groups excluding carboxylic acids is 2. The maximum Gasteiger partial charge on any atom is 0.258 e. The fraction of sp³-hybridized carbons (Fsp3) is 0.440. The minimum absolute atomic E-state index is 0.0730. The lowest BCUT2D eigenvalue weighted by Gasteiger charge is -2.27. The molecule has 1 aliphatic rings. The van der Waals surface area contributed by atoms with E-state index in [0.29, 0.717) is 30.3 Å². The summed E-state index contributed by atoms with van der Waals surface area (Å²) in [4.78, 5) is 27.4. The number of hydrogen-bond donors (Lipinski definition) is 3. The first-order valence-electron chi connectivity index (χ1n) is 11.2. The molecule has 0 spiro atoms. The molecule has 184 valence electrons. The predicted octanol–water partition coefficient (Wildman–Crippen LogP) is 2.60. The quantitative estimate of drug-likeness (QED) is 0.467. The Morgan fingerprint density at radius 3 is 2.56 bits per heavy atom. The molecular weight excluding hydrogens is 454 g/mol. The van der Waals surface area contributed by atoms with E-state index in [1.165, 1.54) is 7.05 Å². The van der Waals surface area contributed by atoms with Crippen LogP contribution in [0.3, 0.4) is 0 Å². The molecule has 0 unspecified atom stereocenters. The zero-order chi connectivity index (χ0) is 24.9. The molecule has 2 aromatic rings. The van der Waals surface area contributed by atoms with E-state index >= 15 is 0 Å². The number of nitrogens with one attached hydrogen (secondary N) is 1. The molecule has 9 heteroatoms. The summed E-state index contributed by atoms with van der Waals surface area (Å²) in [5.41, 5.74) is 2.23. The van der Waals surface area contributed by atoms with E-state index in [-0.39, 0.29) is 11.4 Å². The smallest absolute Gasteiger partial charge is 0.258 e. The minimum atomic E-state index is -1.38. The molecule has 3 N–H and O–H groups in total. The highest BCUT2D eigenvalue weighted by Crippen LogP contribution is 2.33. The third kappa shape index (κ3) is 6.88. The molecule has 2 atom stereocenters. The van der Waals surface area contributed by atoms with Crippen molar-refractivity contribution >= 4 is 29.3 Å². The molecule has 3 rings (SSSR count). The molecule has 0 saturated carbocycles. The highest BCUT2D eigenvalue weighted by molar-refractivity contribution is 8.00. The molecule has 1 aliphatic heterocycles. The Morgan fingerprint density at radius 1 is 1.24 bits per heavy atom. The van der Waals surface area contributed by atoms with Gasteiger partial charge in [-0.25, -0.2) is 0 Å². The highest BCUT2D eigenvalue weighted by Gasteiger charge is 2.38. The first kappa shape index (κ1) is 25.9. The molecule has 1 saturated heterocycles. The largest absolute Gasteiger partial charge is 0.483 e. The third-order valence-corrected chi connectivity index (χ3v) is 7.03. The minimum Gasteiger partial charge on any atom is -0.483 e. The topological polar surface area (TPSA) is 102 Å². The van der Waals surface area contributed by atoms with Gasteiger partial charge in [-0.2, -0.15) is 0 Å². The maximum atomic E-state index is 13.0. The first-order chi connectivity index (χ1) is 16.1. The summed E-state index contributed by atoms with van der Waals surface area (Å²) in [6.07, 6.45) is -1.08. The number of aliphatic hydroxyl groups excluding tert-OH is 1. The Kier molecular flexibility index (Phi) is 8.46. The normalized spacial score (nSPS) is 16.6. The van der Waals surface area contributed by atoms with Crippen molar-refractivity contribution in [2.45, 2.75) is 44.1 Å². The van der Waals surface area contributed by atoms with Gasteiger partial charge in [0, 0.05) is 24.4 Å². The van der Waals surface area contributed by atoms with Crippen LogP contribution in [0.5, 0.6) is 5.75 Å². The number of thioether (sulfide) groups is 1. The third-order valence-electron chi connectivity index (χ3n) is 5.68. The van der Waals surface area contributed by atoms with E-state index in [4.69, 9.17) is 4.74 Å². The number of anilines is 1. The molecule has 8 nitrogen and oxygen atoms in total. The summed E-state index contributed by atoms with van der Waals surface area (Å²) >= 11 is 1.66. The SMILES string of the molecule is Cc1ccc(N(C)O)cc1OCC(=O)N[C@@H](Cc1ccccc1)[C@H](O)C(=O)N1CSC(C)(C)C1. The first-order valence-corrected chi connectivity index (χ1v) is 12.1. The van der Waals surface area contributed by atoms with E-state index in [2.05, 4.69) is 19.2 Å². The standard InChI is InChI=1S/C25H33N3O5S/c1-17-10-11-19(27(4)32)13-21(17)33-14-22(29)26-20(12-18-8-6-5-7-9-18)23(30)24(31)28-15-25(2,3)34-16-28/h5-11,13,20,23,30,32H,12,14-16H2,1-4H3,(H,26,29)/t20-,23-/m0/s1. The van der Waals surface area contributed by atoms with Gasteiger partial charge >= 0.3 is 0 Å². The average Bonchev–Trinajstić information content (AvgIpc) is 3.17. The number of nitrogens with zero attached hydrogens (tertiary/aromatic N) is 2. The Bertz CT molecular complexity index is 999. The Balaban J connectivity index is 1.69. The summed E-state index contributed by atoms with van der Waals surface area (Å²) in [7, 11) is 1.49. The molecular formula is C25H33N3O5S. The van der Waals surface area contributed by atoms with Crippen molar-refractivity contribution in [2.75, 3.05) is 31.1 Å². The van der Waals surface area contributed by atoms with Crippen molar-refractivity contribution in [3.63, 3.8) is 0 Å². The second-order valence-corrected chi connectivity index (χ2v) is 10.8. The van der Waals surface area contributed by atoms with Gasteiger partial charge in [0.2, 0.25) is 0 Å². The summed E-state index contributed by atoms with van der Waals surface area (Å²) in [5, 5.41) is 24.3. The van der Waals surface area contributed by atoms with E-state index in [0.717, 1.165) is 16.2 Å². The summed E-state index contributed by atoms with van der Waals surface area (Å²) in [6, 6.07) is 13.8. The van der Waals surface area contributed by atoms with Gasteiger partial charge < -0.3 is 20.1 Å². The van der Waals surface area contributed by atoms with Crippen molar-refractivity contribution in [1.82, 2.24) is 10.2 Å². The molecule has 0 aromatic heterocycles. The van der Waals surface area contributed by atoms with Crippen LogP contribution in [-0.4, -0.2) is 70.0 Å². The van der Waals surface area contributed by atoms with Crippen LogP contribution < -0.4 is 15.1 Å². The number of aliphatic hydroxyl groups is 1. The lowest BCUT2D eigenvalue weighted by Crippen LogP contribution is -2.53. The molecule has 0 radical (unpaired) electrons. The average molecular weight is 488 g/mol. The molecule has 0 bridgehead atoms. The number of benzene rings is 2. The van der Waals surface area contributed by atoms with Crippen LogP contribution in [-0.2, 0) is 16.0 Å². The predicted molar refractivity (Wildman–Crippen MR) is 133 cm³/mol. The lowest BCUT2D eigenvalue weighted by atomic mass is 10.00. The number of rotatable bonds is 9. The van der Waals surface area contributed by atoms with Gasteiger partial charge in [-0.1, -0.05) is 36.4 Å². The van der Waals surface area contributed by atoms with Crippen LogP contribution in [0.15, 0.2) is 48.5 Å². The van der Waals surface area contributed by atoms with Crippen LogP contribution in [0.25, 0.3) is 0 Å². The molecule has 1 fully saturated rings. The van der Waals surface area contributed by atoms with Crippen molar-refractivity contribution in [1.29, 1.82) is 0 Å². The van der Waals surface area contributed by atoms with Crippen LogP contribution in [0.4, 0.5) is 5.69 Å². The van der Waals surface area contributed by atoms with E-state index in [1.807, 2.05) is 37.3 Å². The number of hydroxylamine groups is 1. The summed E-state index contributed by atoms with van der Waals surface area (Å²) < 4.78 is 5.60. The van der Waals surface area contributed by atoms with Gasteiger partial charge in [-0.3, -0.25) is 19.9 Å². The number of hydrogen-bond acceptors (Lipinski definition) is 7. The maximum absolute atomic E-state index is 13.0. The zero-order valence-electron chi connectivity index (χ0n) is 20.0. The second kappa shape index (κ2) is 11.1.